The van der Waals surface area contributed by atoms with Crippen LogP contribution in [0.3, 0.4) is 0 Å². The van der Waals surface area contributed by atoms with E-state index in [9.17, 15) is 5.11 Å². The van der Waals surface area contributed by atoms with Gasteiger partial charge in [0.1, 0.15) is 0 Å². The topological polar surface area (TPSA) is 20.2 Å². The zero-order valence-corrected chi connectivity index (χ0v) is 8.67. The molecule has 0 aliphatic carbocycles. The molecule has 1 heteroatoms. The Labute approximate surface area is 80.4 Å². The van der Waals surface area contributed by atoms with E-state index in [1.165, 1.54) is 16.7 Å². The molecule has 72 valence electrons. The number of hydrogen-bond donors (Lipinski definition) is 1. The average Bonchev–Trinajstić information content (AvgIpc) is 2.09. The average molecular weight is 178 g/mol. The monoisotopic (exact) mass is 178 g/mol. The Kier molecular flexibility index (Phi) is 3.49. The summed E-state index contributed by atoms with van der Waals surface area (Å²) in [7, 11) is 0. The molecule has 0 aromatic heterocycles. The van der Waals surface area contributed by atoms with Crippen LogP contribution in [0.4, 0.5) is 0 Å². The third-order valence-electron chi connectivity index (χ3n) is 2.42. The van der Waals surface area contributed by atoms with Crippen LogP contribution in [0.15, 0.2) is 18.2 Å². The Morgan fingerprint density at radius 2 is 2.00 bits per heavy atom. The largest absolute Gasteiger partial charge is 0.393 e. The first kappa shape index (κ1) is 10.3. The summed E-state index contributed by atoms with van der Waals surface area (Å²) >= 11 is 0. The molecule has 0 amide bonds. The molecule has 1 unspecified atom stereocenters. The van der Waals surface area contributed by atoms with Crippen molar-refractivity contribution in [3.8, 4) is 0 Å². The second-order valence-electron chi connectivity index (χ2n) is 3.70. The van der Waals surface area contributed by atoms with Gasteiger partial charge in [0, 0.05) is 0 Å². The fourth-order valence-electron chi connectivity index (χ4n) is 1.47. The molecule has 0 saturated heterocycles. The molecule has 1 atom stereocenters. The van der Waals surface area contributed by atoms with Gasteiger partial charge < -0.3 is 5.11 Å². The van der Waals surface area contributed by atoms with Crippen LogP contribution in [0, 0.1) is 13.8 Å². The van der Waals surface area contributed by atoms with Gasteiger partial charge in [-0.2, -0.15) is 0 Å². The zero-order chi connectivity index (χ0) is 9.84. The van der Waals surface area contributed by atoms with Crippen molar-refractivity contribution in [3.63, 3.8) is 0 Å². The van der Waals surface area contributed by atoms with Gasteiger partial charge in [-0.15, -0.1) is 0 Å². The van der Waals surface area contributed by atoms with Gasteiger partial charge in [0.05, 0.1) is 6.10 Å². The van der Waals surface area contributed by atoms with Crippen molar-refractivity contribution < 1.29 is 5.11 Å². The Morgan fingerprint density at radius 3 is 2.54 bits per heavy atom. The van der Waals surface area contributed by atoms with Crippen molar-refractivity contribution >= 4 is 0 Å². The second kappa shape index (κ2) is 4.43. The van der Waals surface area contributed by atoms with Crippen molar-refractivity contribution in [2.75, 3.05) is 0 Å². The lowest BCUT2D eigenvalue weighted by atomic mass is 10.00. The van der Waals surface area contributed by atoms with Gasteiger partial charge in [-0.1, -0.05) is 30.7 Å². The molecule has 0 heterocycles. The standard InChI is InChI=1S/C12H18O/c1-4-12(13)8-11-6-5-9(2)7-10(11)3/h5-7,12-13H,4,8H2,1-3H3. The van der Waals surface area contributed by atoms with Crippen molar-refractivity contribution in [3.05, 3.63) is 34.9 Å². The van der Waals surface area contributed by atoms with E-state index in [2.05, 4.69) is 32.0 Å². The fourth-order valence-corrected chi connectivity index (χ4v) is 1.47. The summed E-state index contributed by atoms with van der Waals surface area (Å²) in [5.41, 5.74) is 3.83. The van der Waals surface area contributed by atoms with E-state index in [0.717, 1.165) is 12.8 Å². The van der Waals surface area contributed by atoms with Crippen molar-refractivity contribution in [2.45, 2.75) is 39.7 Å². The first-order valence-electron chi connectivity index (χ1n) is 4.87. The third-order valence-corrected chi connectivity index (χ3v) is 2.42. The van der Waals surface area contributed by atoms with E-state index in [4.69, 9.17) is 0 Å². The lowest BCUT2D eigenvalue weighted by molar-refractivity contribution is 0.170. The smallest absolute Gasteiger partial charge is 0.0578 e. The van der Waals surface area contributed by atoms with Gasteiger partial charge >= 0.3 is 0 Å². The highest BCUT2D eigenvalue weighted by Crippen LogP contribution is 2.13. The molecule has 0 bridgehead atoms. The van der Waals surface area contributed by atoms with E-state index in [0.29, 0.717) is 0 Å². The lowest BCUT2D eigenvalue weighted by Gasteiger charge is -2.10. The Morgan fingerprint density at radius 1 is 1.31 bits per heavy atom. The maximum Gasteiger partial charge on any atom is 0.0578 e. The molecule has 0 spiro atoms. The van der Waals surface area contributed by atoms with Crippen LogP contribution < -0.4 is 0 Å². The predicted molar refractivity (Wildman–Crippen MR) is 55.9 cm³/mol. The summed E-state index contributed by atoms with van der Waals surface area (Å²) < 4.78 is 0. The van der Waals surface area contributed by atoms with Gasteiger partial charge in [0.15, 0.2) is 0 Å². The molecule has 1 aromatic rings. The van der Waals surface area contributed by atoms with Gasteiger partial charge in [0.2, 0.25) is 0 Å². The normalized spacial score (nSPS) is 12.9. The summed E-state index contributed by atoms with van der Waals surface area (Å²) in [5.74, 6) is 0. The van der Waals surface area contributed by atoms with Crippen LogP contribution in [-0.2, 0) is 6.42 Å². The summed E-state index contributed by atoms with van der Waals surface area (Å²) in [6.07, 6.45) is 1.41. The fraction of sp³-hybridized carbons (Fsp3) is 0.500. The summed E-state index contributed by atoms with van der Waals surface area (Å²) in [6, 6.07) is 6.38. The molecule has 1 aromatic carbocycles. The highest BCUT2D eigenvalue weighted by atomic mass is 16.3. The molecule has 1 nitrogen and oxygen atoms in total. The molecule has 0 saturated carbocycles. The van der Waals surface area contributed by atoms with Crippen LogP contribution >= 0.6 is 0 Å². The number of aliphatic hydroxyl groups is 1. The Hall–Kier alpha value is -0.820. The van der Waals surface area contributed by atoms with Crippen LogP contribution in [0.5, 0.6) is 0 Å². The van der Waals surface area contributed by atoms with E-state index in [-0.39, 0.29) is 6.10 Å². The number of aryl methyl sites for hydroxylation is 2. The number of rotatable bonds is 3. The molecular formula is C12H18O. The van der Waals surface area contributed by atoms with Crippen LogP contribution in [0.25, 0.3) is 0 Å². The van der Waals surface area contributed by atoms with Crippen LogP contribution in [-0.4, -0.2) is 11.2 Å². The first-order chi connectivity index (χ1) is 6.13. The van der Waals surface area contributed by atoms with E-state index in [1.807, 2.05) is 6.92 Å². The Bertz CT molecular complexity index is 278. The van der Waals surface area contributed by atoms with Gasteiger partial charge in [-0.25, -0.2) is 0 Å². The molecule has 13 heavy (non-hydrogen) atoms. The number of hydrogen-bond acceptors (Lipinski definition) is 1. The van der Waals surface area contributed by atoms with Crippen molar-refractivity contribution in [1.82, 2.24) is 0 Å². The van der Waals surface area contributed by atoms with E-state index >= 15 is 0 Å². The number of aliphatic hydroxyl groups excluding tert-OH is 1. The summed E-state index contributed by atoms with van der Waals surface area (Å²) in [4.78, 5) is 0. The quantitative estimate of drug-likeness (QED) is 0.754. The zero-order valence-electron chi connectivity index (χ0n) is 8.67. The van der Waals surface area contributed by atoms with E-state index in [1.54, 1.807) is 0 Å². The summed E-state index contributed by atoms with van der Waals surface area (Å²) in [5, 5.41) is 9.51. The van der Waals surface area contributed by atoms with Gasteiger partial charge in [-0.05, 0) is 37.8 Å². The molecule has 0 radical (unpaired) electrons. The SMILES string of the molecule is CCC(O)Cc1ccc(C)cc1C. The third kappa shape index (κ3) is 2.85. The highest BCUT2D eigenvalue weighted by molar-refractivity contribution is 5.30. The van der Waals surface area contributed by atoms with Gasteiger partial charge in [-0.3, -0.25) is 0 Å². The number of benzene rings is 1. The van der Waals surface area contributed by atoms with Crippen molar-refractivity contribution in [1.29, 1.82) is 0 Å². The van der Waals surface area contributed by atoms with E-state index < -0.39 is 0 Å². The molecular weight excluding hydrogens is 160 g/mol. The van der Waals surface area contributed by atoms with Gasteiger partial charge in [0.25, 0.3) is 0 Å². The minimum atomic E-state index is -0.193. The molecule has 0 aliphatic rings. The first-order valence-corrected chi connectivity index (χ1v) is 4.87. The maximum atomic E-state index is 9.51. The summed E-state index contributed by atoms with van der Waals surface area (Å²) in [6.45, 7) is 6.20. The Balaban J connectivity index is 2.77. The minimum Gasteiger partial charge on any atom is -0.393 e. The molecule has 1 N–H and O–H groups in total. The molecule has 0 fully saturated rings. The lowest BCUT2D eigenvalue weighted by Crippen LogP contribution is -2.09. The van der Waals surface area contributed by atoms with Crippen LogP contribution in [0.2, 0.25) is 0 Å². The maximum absolute atomic E-state index is 9.51. The second-order valence-corrected chi connectivity index (χ2v) is 3.70. The minimum absolute atomic E-state index is 0.193. The van der Waals surface area contributed by atoms with Crippen molar-refractivity contribution in [2.24, 2.45) is 0 Å². The molecule has 1 rings (SSSR count). The van der Waals surface area contributed by atoms with Crippen LogP contribution in [0.1, 0.15) is 30.0 Å². The molecule has 0 aliphatic heterocycles. The highest BCUT2D eigenvalue weighted by Gasteiger charge is 2.04. The predicted octanol–water partition coefficient (Wildman–Crippen LogP) is 2.62.